The molecule has 1 aromatic heterocycles. The third-order valence-electron chi connectivity index (χ3n) is 2.58. The van der Waals surface area contributed by atoms with Gasteiger partial charge in [-0.15, -0.1) is 0 Å². The molecule has 0 spiro atoms. The van der Waals surface area contributed by atoms with Crippen molar-refractivity contribution in [1.29, 1.82) is 0 Å². The van der Waals surface area contributed by atoms with E-state index < -0.39 is 0 Å². The van der Waals surface area contributed by atoms with Crippen LogP contribution in [0, 0.1) is 0 Å². The second-order valence-electron chi connectivity index (χ2n) is 3.75. The Morgan fingerprint density at radius 1 is 1.29 bits per heavy atom. The van der Waals surface area contributed by atoms with E-state index in [-0.39, 0.29) is 5.97 Å². The van der Waals surface area contributed by atoms with Gasteiger partial charge in [0.15, 0.2) is 0 Å². The zero-order valence-corrected chi connectivity index (χ0v) is 9.68. The number of aryl methyl sites for hydroxylation is 1. The summed E-state index contributed by atoms with van der Waals surface area (Å²) in [5, 5.41) is 0. The molecule has 2 rings (SSSR count). The Balaban J connectivity index is 2.09. The summed E-state index contributed by atoms with van der Waals surface area (Å²) >= 11 is 0. The van der Waals surface area contributed by atoms with Crippen LogP contribution < -0.4 is 0 Å². The van der Waals surface area contributed by atoms with Gasteiger partial charge in [0, 0.05) is 12.0 Å². The molecule has 1 heterocycles. The van der Waals surface area contributed by atoms with Gasteiger partial charge in [-0.2, -0.15) is 0 Å². The molecule has 0 N–H and O–H groups in total. The standard InChI is InChI=1S/C14H14O3/c1-16-14(15)8-7-11-4-2-5-12(10-11)13-6-3-9-17-13/h2-6,9-10H,7-8H2,1H3. The molecule has 88 valence electrons. The Morgan fingerprint density at radius 2 is 2.18 bits per heavy atom. The Kier molecular flexibility index (Phi) is 3.60. The molecule has 17 heavy (non-hydrogen) atoms. The molecular formula is C14H14O3. The number of carbonyl (C=O) groups is 1. The maximum absolute atomic E-state index is 11.1. The van der Waals surface area contributed by atoms with E-state index in [0.29, 0.717) is 12.8 Å². The molecule has 0 saturated heterocycles. The molecule has 0 fully saturated rings. The van der Waals surface area contributed by atoms with Crippen molar-refractivity contribution in [3.05, 3.63) is 48.2 Å². The third-order valence-corrected chi connectivity index (χ3v) is 2.58. The Labute approximate surface area is 100 Å². The monoisotopic (exact) mass is 230 g/mol. The number of methoxy groups -OCH3 is 1. The van der Waals surface area contributed by atoms with Crippen LogP contribution in [0.4, 0.5) is 0 Å². The molecular weight excluding hydrogens is 216 g/mol. The molecule has 2 aromatic rings. The minimum absolute atomic E-state index is 0.187. The van der Waals surface area contributed by atoms with Gasteiger partial charge in [-0.25, -0.2) is 0 Å². The predicted octanol–water partition coefficient (Wildman–Crippen LogP) is 3.05. The summed E-state index contributed by atoms with van der Waals surface area (Å²) in [4.78, 5) is 11.1. The number of esters is 1. The fourth-order valence-corrected chi connectivity index (χ4v) is 1.67. The highest BCUT2D eigenvalue weighted by atomic mass is 16.5. The fourth-order valence-electron chi connectivity index (χ4n) is 1.67. The smallest absolute Gasteiger partial charge is 0.305 e. The van der Waals surface area contributed by atoms with Crippen LogP contribution in [0.25, 0.3) is 11.3 Å². The lowest BCUT2D eigenvalue weighted by Gasteiger charge is -2.03. The number of benzene rings is 1. The summed E-state index contributed by atoms with van der Waals surface area (Å²) in [6.45, 7) is 0. The van der Waals surface area contributed by atoms with Crippen LogP contribution in [0.5, 0.6) is 0 Å². The van der Waals surface area contributed by atoms with Crippen LogP contribution in [0.1, 0.15) is 12.0 Å². The van der Waals surface area contributed by atoms with Crippen molar-refractivity contribution in [2.45, 2.75) is 12.8 Å². The fraction of sp³-hybridized carbons (Fsp3) is 0.214. The number of ether oxygens (including phenoxy) is 1. The Bertz CT molecular complexity index is 486. The van der Waals surface area contributed by atoms with Gasteiger partial charge < -0.3 is 9.15 Å². The highest BCUT2D eigenvalue weighted by molar-refractivity contribution is 5.69. The van der Waals surface area contributed by atoms with E-state index in [1.165, 1.54) is 7.11 Å². The molecule has 0 saturated carbocycles. The number of furan rings is 1. The lowest BCUT2D eigenvalue weighted by molar-refractivity contribution is -0.140. The van der Waals surface area contributed by atoms with Crippen molar-refractivity contribution in [2.24, 2.45) is 0 Å². The van der Waals surface area contributed by atoms with Crippen molar-refractivity contribution < 1.29 is 13.9 Å². The van der Waals surface area contributed by atoms with E-state index in [4.69, 9.17) is 4.42 Å². The SMILES string of the molecule is COC(=O)CCc1cccc(-c2ccco2)c1. The molecule has 0 amide bonds. The Hall–Kier alpha value is -2.03. The average molecular weight is 230 g/mol. The molecule has 0 aliphatic heterocycles. The van der Waals surface area contributed by atoms with Crippen molar-refractivity contribution >= 4 is 5.97 Å². The van der Waals surface area contributed by atoms with Gasteiger partial charge in [0.2, 0.25) is 0 Å². The third kappa shape index (κ3) is 2.97. The number of rotatable bonds is 4. The topological polar surface area (TPSA) is 39.4 Å². The van der Waals surface area contributed by atoms with E-state index in [0.717, 1.165) is 16.9 Å². The van der Waals surface area contributed by atoms with E-state index in [1.807, 2.05) is 36.4 Å². The van der Waals surface area contributed by atoms with Gasteiger partial charge in [-0.1, -0.05) is 18.2 Å². The maximum atomic E-state index is 11.1. The van der Waals surface area contributed by atoms with Crippen molar-refractivity contribution in [3.8, 4) is 11.3 Å². The molecule has 0 bridgehead atoms. The molecule has 0 aliphatic carbocycles. The predicted molar refractivity (Wildman–Crippen MR) is 64.5 cm³/mol. The van der Waals surface area contributed by atoms with Crippen LogP contribution in [-0.2, 0) is 16.0 Å². The first kappa shape index (κ1) is 11.5. The van der Waals surface area contributed by atoms with Gasteiger partial charge in [-0.05, 0) is 30.2 Å². The van der Waals surface area contributed by atoms with Crippen LogP contribution >= 0.6 is 0 Å². The van der Waals surface area contributed by atoms with Crippen LogP contribution in [0.2, 0.25) is 0 Å². The Morgan fingerprint density at radius 3 is 2.88 bits per heavy atom. The quantitative estimate of drug-likeness (QED) is 0.758. The number of hydrogen-bond donors (Lipinski definition) is 0. The summed E-state index contributed by atoms with van der Waals surface area (Å²) in [5.74, 6) is 0.651. The summed E-state index contributed by atoms with van der Waals surface area (Å²) in [7, 11) is 1.40. The largest absolute Gasteiger partial charge is 0.469 e. The van der Waals surface area contributed by atoms with Gasteiger partial charge in [0.05, 0.1) is 13.4 Å². The first-order valence-corrected chi connectivity index (χ1v) is 5.49. The van der Waals surface area contributed by atoms with Gasteiger partial charge in [0.1, 0.15) is 5.76 Å². The van der Waals surface area contributed by atoms with Crippen LogP contribution in [0.15, 0.2) is 47.1 Å². The van der Waals surface area contributed by atoms with Crippen LogP contribution in [-0.4, -0.2) is 13.1 Å². The lowest BCUT2D eigenvalue weighted by Crippen LogP contribution is -2.01. The van der Waals surface area contributed by atoms with Gasteiger partial charge >= 0.3 is 5.97 Å². The first-order valence-electron chi connectivity index (χ1n) is 5.49. The molecule has 3 heteroatoms. The summed E-state index contributed by atoms with van der Waals surface area (Å²) < 4.78 is 9.95. The average Bonchev–Trinajstić information content (AvgIpc) is 2.90. The van der Waals surface area contributed by atoms with E-state index in [2.05, 4.69) is 4.74 Å². The minimum atomic E-state index is -0.187. The zero-order valence-electron chi connectivity index (χ0n) is 9.68. The second-order valence-corrected chi connectivity index (χ2v) is 3.75. The summed E-state index contributed by atoms with van der Waals surface area (Å²) in [5.41, 5.74) is 2.13. The molecule has 1 aromatic carbocycles. The van der Waals surface area contributed by atoms with E-state index in [9.17, 15) is 4.79 Å². The number of hydrogen-bond acceptors (Lipinski definition) is 3. The van der Waals surface area contributed by atoms with Crippen molar-refractivity contribution in [3.63, 3.8) is 0 Å². The highest BCUT2D eigenvalue weighted by Gasteiger charge is 2.04. The normalized spacial score (nSPS) is 10.2. The minimum Gasteiger partial charge on any atom is -0.469 e. The molecule has 0 unspecified atom stereocenters. The van der Waals surface area contributed by atoms with Crippen LogP contribution in [0.3, 0.4) is 0 Å². The number of carbonyl (C=O) groups excluding carboxylic acids is 1. The van der Waals surface area contributed by atoms with Crippen molar-refractivity contribution in [2.75, 3.05) is 7.11 Å². The molecule has 3 nitrogen and oxygen atoms in total. The van der Waals surface area contributed by atoms with Crippen molar-refractivity contribution in [1.82, 2.24) is 0 Å². The maximum Gasteiger partial charge on any atom is 0.305 e. The second kappa shape index (κ2) is 5.34. The summed E-state index contributed by atoms with van der Waals surface area (Å²) in [6, 6.07) is 11.7. The van der Waals surface area contributed by atoms with Gasteiger partial charge in [0.25, 0.3) is 0 Å². The molecule has 0 atom stereocenters. The van der Waals surface area contributed by atoms with E-state index in [1.54, 1.807) is 6.26 Å². The summed E-state index contributed by atoms with van der Waals surface area (Å²) in [6.07, 6.45) is 2.73. The lowest BCUT2D eigenvalue weighted by atomic mass is 10.1. The molecule has 0 aliphatic rings. The molecule has 0 radical (unpaired) electrons. The first-order chi connectivity index (χ1) is 8.29. The van der Waals surface area contributed by atoms with E-state index >= 15 is 0 Å². The zero-order chi connectivity index (χ0) is 12.1. The van der Waals surface area contributed by atoms with Gasteiger partial charge in [-0.3, -0.25) is 4.79 Å². The highest BCUT2D eigenvalue weighted by Crippen LogP contribution is 2.21.